The van der Waals surface area contributed by atoms with Crippen LogP contribution in [0.4, 0.5) is 11.4 Å². The summed E-state index contributed by atoms with van der Waals surface area (Å²) in [5, 5.41) is 17.7. The molecule has 0 radical (unpaired) electrons. The van der Waals surface area contributed by atoms with Gasteiger partial charge in [0, 0.05) is 23.9 Å². The summed E-state index contributed by atoms with van der Waals surface area (Å²) in [5.74, 6) is 1.26. The summed E-state index contributed by atoms with van der Waals surface area (Å²) < 4.78 is 0. The molecule has 1 fully saturated rings. The van der Waals surface area contributed by atoms with Gasteiger partial charge in [0.05, 0.1) is 4.92 Å². The lowest BCUT2D eigenvalue weighted by Crippen LogP contribution is -2.53. The van der Waals surface area contributed by atoms with E-state index >= 15 is 0 Å². The minimum Gasteiger partial charge on any atom is -0.358 e. The van der Waals surface area contributed by atoms with Crippen molar-refractivity contribution in [2.24, 2.45) is 11.8 Å². The van der Waals surface area contributed by atoms with Gasteiger partial charge in [0.1, 0.15) is 0 Å². The van der Waals surface area contributed by atoms with E-state index in [9.17, 15) is 10.1 Å². The summed E-state index contributed by atoms with van der Waals surface area (Å²) in [6.45, 7) is 4.52. The van der Waals surface area contributed by atoms with Gasteiger partial charge >= 0.3 is 0 Å². The van der Waals surface area contributed by atoms with Crippen molar-refractivity contribution in [1.29, 1.82) is 0 Å². The molecule has 3 atom stereocenters. The van der Waals surface area contributed by atoms with Gasteiger partial charge in [0.15, 0.2) is 10.2 Å². The van der Waals surface area contributed by atoms with E-state index in [1.165, 1.54) is 25.0 Å². The Morgan fingerprint density at radius 1 is 1.12 bits per heavy atom. The molecule has 25 heavy (non-hydrogen) atoms. The molecule has 0 aromatic heterocycles. The average molecular weight is 382 g/mol. The molecule has 7 nitrogen and oxygen atoms in total. The molecule has 9 heteroatoms. The Morgan fingerprint density at radius 3 is 2.40 bits per heavy atom. The van der Waals surface area contributed by atoms with Crippen LogP contribution in [0.25, 0.3) is 0 Å². The summed E-state index contributed by atoms with van der Waals surface area (Å²) in [6.07, 6.45) is 3.58. The molecule has 4 N–H and O–H groups in total. The maximum atomic E-state index is 10.6. The number of hydrogen-bond acceptors (Lipinski definition) is 4. The Morgan fingerprint density at radius 2 is 1.76 bits per heavy atom. The molecule has 0 bridgehead atoms. The van der Waals surface area contributed by atoms with Crippen molar-refractivity contribution in [3.8, 4) is 0 Å². The van der Waals surface area contributed by atoms with Crippen LogP contribution in [0.1, 0.15) is 33.1 Å². The molecule has 1 saturated carbocycles. The molecular weight excluding hydrogens is 358 g/mol. The van der Waals surface area contributed by atoms with Crippen molar-refractivity contribution in [3.05, 3.63) is 34.4 Å². The van der Waals surface area contributed by atoms with Crippen molar-refractivity contribution >= 4 is 46.0 Å². The second-order valence-corrected chi connectivity index (χ2v) is 7.17. The molecule has 1 aliphatic carbocycles. The normalized spacial score (nSPS) is 22.6. The monoisotopic (exact) mass is 381 g/mol. The zero-order valence-corrected chi connectivity index (χ0v) is 15.9. The third-order valence-electron chi connectivity index (χ3n) is 4.65. The topological polar surface area (TPSA) is 91.3 Å². The van der Waals surface area contributed by atoms with E-state index in [2.05, 4.69) is 35.3 Å². The first kappa shape index (κ1) is 19.3. The lowest BCUT2D eigenvalue weighted by Gasteiger charge is -2.35. The maximum absolute atomic E-state index is 10.6. The Kier molecular flexibility index (Phi) is 6.89. The summed E-state index contributed by atoms with van der Waals surface area (Å²) in [5.41, 5.74) is 6.37. The van der Waals surface area contributed by atoms with E-state index in [4.69, 9.17) is 24.4 Å². The van der Waals surface area contributed by atoms with Crippen LogP contribution in [0.2, 0.25) is 0 Å². The highest BCUT2D eigenvalue weighted by atomic mass is 32.1. The number of nitrogens with zero attached hydrogens (tertiary/aromatic N) is 1. The number of benzene rings is 1. The summed E-state index contributed by atoms with van der Waals surface area (Å²) in [4.78, 5) is 10.2. The largest absolute Gasteiger partial charge is 0.358 e. The zero-order chi connectivity index (χ0) is 18.4. The second-order valence-electron chi connectivity index (χ2n) is 6.36. The van der Waals surface area contributed by atoms with E-state index in [1.807, 2.05) is 0 Å². The number of thiocarbonyl (C=S) groups is 2. The van der Waals surface area contributed by atoms with Crippen molar-refractivity contribution in [2.45, 2.75) is 39.2 Å². The molecule has 0 aliphatic heterocycles. The fourth-order valence-corrected chi connectivity index (χ4v) is 3.30. The molecule has 1 aromatic carbocycles. The van der Waals surface area contributed by atoms with E-state index in [0.717, 1.165) is 6.42 Å². The molecule has 0 heterocycles. The van der Waals surface area contributed by atoms with Crippen LogP contribution in [-0.4, -0.2) is 21.2 Å². The first-order valence-corrected chi connectivity index (χ1v) is 9.06. The van der Waals surface area contributed by atoms with Gasteiger partial charge in [-0.2, -0.15) is 0 Å². The number of hydrogen-bond donors (Lipinski definition) is 4. The molecule has 136 valence electrons. The van der Waals surface area contributed by atoms with E-state index in [-0.39, 0.29) is 5.69 Å². The average Bonchev–Trinajstić information content (AvgIpc) is 2.58. The van der Waals surface area contributed by atoms with Gasteiger partial charge in [-0.05, 0) is 54.8 Å². The molecule has 2 rings (SSSR count). The second kappa shape index (κ2) is 8.91. The smallest absolute Gasteiger partial charge is 0.269 e. The van der Waals surface area contributed by atoms with Gasteiger partial charge in [-0.3, -0.25) is 21.0 Å². The van der Waals surface area contributed by atoms with E-state index in [0.29, 0.717) is 33.8 Å². The quantitative estimate of drug-likeness (QED) is 0.361. The van der Waals surface area contributed by atoms with Gasteiger partial charge in [-0.1, -0.05) is 26.7 Å². The van der Waals surface area contributed by atoms with Crippen LogP contribution in [0.5, 0.6) is 0 Å². The minimum absolute atomic E-state index is 0.0313. The van der Waals surface area contributed by atoms with Gasteiger partial charge in [0.2, 0.25) is 0 Å². The number of nitro groups is 1. The molecular formula is C16H23N5O2S2. The molecule has 1 aromatic rings. The van der Waals surface area contributed by atoms with Crippen molar-refractivity contribution < 1.29 is 4.92 Å². The van der Waals surface area contributed by atoms with Gasteiger partial charge in [-0.15, -0.1) is 0 Å². The zero-order valence-electron chi connectivity index (χ0n) is 14.2. The number of rotatable bonds is 3. The first-order chi connectivity index (χ1) is 11.9. The minimum atomic E-state index is -0.445. The molecule has 0 unspecified atom stereocenters. The summed E-state index contributed by atoms with van der Waals surface area (Å²) in [7, 11) is 0. The predicted molar refractivity (Wildman–Crippen MR) is 107 cm³/mol. The number of nitrogens with one attached hydrogen (secondary N) is 4. The van der Waals surface area contributed by atoms with Crippen LogP contribution >= 0.6 is 24.4 Å². The highest BCUT2D eigenvalue weighted by Gasteiger charge is 2.27. The Labute approximate surface area is 158 Å². The highest BCUT2D eigenvalue weighted by molar-refractivity contribution is 7.80. The van der Waals surface area contributed by atoms with Gasteiger partial charge < -0.3 is 10.6 Å². The first-order valence-electron chi connectivity index (χ1n) is 8.24. The standard InChI is InChI=1S/C16H23N5O2S2/c1-10-4-3-5-14(11(10)2)18-16(25)20-19-15(24)17-12-6-8-13(9-7-12)21(22)23/h6-11,14H,3-5H2,1-2H3,(H2,17,19,24)(H2,18,20,25)/t10-,11+,14+/m0/s1. The Bertz CT molecular complexity index is 638. The predicted octanol–water partition coefficient (Wildman–Crippen LogP) is 3.09. The fraction of sp³-hybridized carbons (Fsp3) is 0.500. The third kappa shape index (κ3) is 5.79. The number of nitro benzene ring substituents is 1. The lowest BCUT2D eigenvalue weighted by atomic mass is 9.78. The van der Waals surface area contributed by atoms with Crippen molar-refractivity contribution in [2.75, 3.05) is 5.32 Å². The van der Waals surface area contributed by atoms with Gasteiger partial charge in [-0.25, -0.2) is 0 Å². The maximum Gasteiger partial charge on any atom is 0.269 e. The summed E-state index contributed by atoms with van der Waals surface area (Å²) in [6, 6.07) is 6.37. The van der Waals surface area contributed by atoms with Crippen LogP contribution in [0.3, 0.4) is 0 Å². The molecule has 0 saturated heterocycles. The fourth-order valence-electron chi connectivity index (χ4n) is 2.93. The Balaban J connectivity index is 1.75. The lowest BCUT2D eigenvalue weighted by molar-refractivity contribution is -0.384. The number of hydrazine groups is 1. The van der Waals surface area contributed by atoms with Crippen molar-refractivity contribution in [3.63, 3.8) is 0 Å². The third-order valence-corrected chi connectivity index (χ3v) is 5.07. The van der Waals surface area contributed by atoms with Gasteiger partial charge in [0.25, 0.3) is 5.69 Å². The molecule has 0 amide bonds. The molecule has 1 aliphatic rings. The van der Waals surface area contributed by atoms with Crippen LogP contribution < -0.4 is 21.5 Å². The van der Waals surface area contributed by atoms with Crippen LogP contribution in [0, 0.1) is 22.0 Å². The van der Waals surface area contributed by atoms with Crippen LogP contribution in [0.15, 0.2) is 24.3 Å². The summed E-state index contributed by atoms with van der Waals surface area (Å²) >= 11 is 10.5. The van der Waals surface area contributed by atoms with Crippen LogP contribution in [-0.2, 0) is 0 Å². The molecule has 0 spiro atoms. The van der Waals surface area contributed by atoms with E-state index in [1.54, 1.807) is 12.1 Å². The van der Waals surface area contributed by atoms with E-state index < -0.39 is 4.92 Å². The Hall–Kier alpha value is -2.00. The van der Waals surface area contributed by atoms with Crippen molar-refractivity contribution in [1.82, 2.24) is 16.2 Å². The number of non-ortho nitro benzene ring substituents is 1. The highest BCUT2D eigenvalue weighted by Crippen LogP contribution is 2.29. The number of anilines is 1. The SMILES string of the molecule is C[C@@H]1[C@@H](C)CCC[C@H]1NC(=S)NNC(=S)Nc1ccc([N+](=O)[O-])cc1.